The molecule has 2 aliphatic heterocycles. The van der Waals surface area contributed by atoms with Crippen LogP contribution in [0.25, 0.3) is 11.1 Å². The number of aromatic nitrogens is 1. The number of rotatable bonds is 5. The van der Waals surface area contributed by atoms with Crippen LogP contribution in [0, 0.1) is 6.92 Å². The number of imide groups is 1. The molecule has 4 heterocycles. The smallest absolute Gasteiger partial charge is 0.322 e. The fraction of sp³-hybridized carbons (Fsp3) is 0.261. The molecule has 0 unspecified atom stereocenters. The quantitative estimate of drug-likeness (QED) is 0.427. The molecule has 4 N–H and O–H groups in total. The van der Waals surface area contributed by atoms with Gasteiger partial charge in [0.25, 0.3) is 11.8 Å². The predicted octanol–water partition coefficient (Wildman–Crippen LogP) is 1.97. The van der Waals surface area contributed by atoms with Crippen molar-refractivity contribution in [2.45, 2.75) is 25.9 Å². The van der Waals surface area contributed by atoms with Crippen LogP contribution < -0.4 is 21.3 Å². The molecule has 3 aromatic rings. The maximum absolute atomic E-state index is 13.1. The van der Waals surface area contributed by atoms with E-state index in [2.05, 4.69) is 26.3 Å². The molecule has 1 aromatic carbocycles. The van der Waals surface area contributed by atoms with Gasteiger partial charge in [-0.1, -0.05) is 17.7 Å². The SMILES string of the molecule is CCNC(=O)Nc1ccc2oc([C@]3(CN4Cc5ccc(C)cc5C4=O)NC(=O)NC3=O)cc2n1. The second-order valence-electron chi connectivity index (χ2n) is 8.31. The van der Waals surface area contributed by atoms with E-state index in [1.807, 2.05) is 25.1 Å². The summed E-state index contributed by atoms with van der Waals surface area (Å²) in [5, 5.41) is 10.1. The van der Waals surface area contributed by atoms with Crippen LogP contribution in [0.4, 0.5) is 15.4 Å². The standard InChI is InChI=1S/C23H22N6O5/c1-3-24-21(32)26-18-7-6-16-15(25-18)9-17(34-16)23(20(31)27-22(33)28-23)11-29-10-13-5-4-12(2)8-14(13)19(29)30/h4-9H,3,10-11H2,1-2H3,(H2,24,25,26,32)(H2,27,28,31,33)/t23-/m0/s1. The first-order valence-corrected chi connectivity index (χ1v) is 10.8. The summed E-state index contributed by atoms with van der Waals surface area (Å²) in [4.78, 5) is 55.9. The number of furan rings is 1. The summed E-state index contributed by atoms with van der Waals surface area (Å²) in [6, 6.07) is 9.23. The van der Waals surface area contributed by atoms with E-state index in [1.54, 1.807) is 19.1 Å². The minimum Gasteiger partial charge on any atom is -0.456 e. The zero-order chi connectivity index (χ0) is 24.0. The number of urea groups is 2. The molecule has 2 aliphatic rings. The van der Waals surface area contributed by atoms with Crippen LogP contribution in [0.2, 0.25) is 0 Å². The van der Waals surface area contributed by atoms with Crippen molar-refractivity contribution < 1.29 is 23.6 Å². The number of aryl methyl sites for hydroxylation is 1. The van der Waals surface area contributed by atoms with Crippen molar-refractivity contribution in [1.82, 2.24) is 25.8 Å². The van der Waals surface area contributed by atoms with E-state index in [9.17, 15) is 19.2 Å². The van der Waals surface area contributed by atoms with Crippen molar-refractivity contribution in [3.63, 3.8) is 0 Å². The van der Waals surface area contributed by atoms with Gasteiger partial charge in [0, 0.05) is 24.7 Å². The van der Waals surface area contributed by atoms with Gasteiger partial charge in [0.2, 0.25) is 0 Å². The molecular weight excluding hydrogens is 440 g/mol. The molecule has 1 fully saturated rings. The zero-order valence-corrected chi connectivity index (χ0v) is 18.5. The molecule has 0 bridgehead atoms. The van der Waals surface area contributed by atoms with Gasteiger partial charge in [-0.25, -0.2) is 14.6 Å². The van der Waals surface area contributed by atoms with Crippen molar-refractivity contribution in [2.24, 2.45) is 0 Å². The van der Waals surface area contributed by atoms with E-state index >= 15 is 0 Å². The Morgan fingerprint density at radius 1 is 1.21 bits per heavy atom. The van der Waals surface area contributed by atoms with Gasteiger partial charge in [-0.05, 0) is 37.6 Å². The fourth-order valence-corrected chi connectivity index (χ4v) is 4.27. The van der Waals surface area contributed by atoms with Gasteiger partial charge in [0.05, 0.1) is 6.54 Å². The van der Waals surface area contributed by atoms with E-state index in [-0.39, 0.29) is 18.2 Å². The summed E-state index contributed by atoms with van der Waals surface area (Å²) in [5.74, 6) is -0.430. The van der Waals surface area contributed by atoms with Gasteiger partial charge in [-0.15, -0.1) is 0 Å². The summed E-state index contributed by atoms with van der Waals surface area (Å²) in [6.07, 6.45) is 0. The minimum atomic E-state index is -1.63. The highest BCUT2D eigenvalue weighted by atomic mass is 16.3. The van der Waals surface area contributed by atoms with Crippen LogP contribution >= 0.6 is 0 Å². The van der Waals surface area contributed by atoms with E-state index in [4.69, 9.17) is 4.42 Å². The highest BCUT2D eigenvalue weighted by molar-refractivity contribution is 6.08. The molecule has 1 atom stereocenters. The van der Waals surface area contributed by atoms with Crippen LogP contribution in [-0.4, -0.2) is 46.8 Å². The Bertz CT molecular complexity index is 1370. The third kappa shape index (κ3) is 3.51. The lowest BCUT2D eigenvalue weighted by atomic mass is 9.95. The minimum absolute atomic E-state index is 0.124. The van der Waals surface area contributed by atoms with E-state index in [0.717, 1.165) is 11.1 Å². The van der Waals surface area contributed by atoms with Crippen LogP contribution in [-0.2, 0) is 16.9 Å². The molecule has 0 aliphatic carbocycles. The molecule has 174 valence electrons. The Morgan fingerprint density at radius 2 is 2.03 bits per heavy atom. The number of fused-ring (bicyclic) bond motifs is 2. The molecule has 5 rings (SSSR count). The van der Waals surface area contributed by atoms with Gasteiger partial charge in [-0.3, -0.25) is 20.2 Å². The fourth-order valence-electron chi connectivity index (χ4n) is 4.27. The number of nitrogens with zero attached hydrogens (tertiary/aromatic N) is 2. The average molecular weight is 462 g/mol. The van der Waals surface area contributed by atoms with Gasteiger partial charge < -0.3 is 20.0 Å². The molecule has 0 saturated carbocycles. The summed E-state index contributed by atoms with van der Waals surface area (Å²) < 4.78 is 5.92. The van der Waals surface area contributed by atoms with Crippen molar-refractivity contribution in [2.75, 3.05) is 18.4 Å². The Labute approximate surface area is 193 Å². The third-order valence-corrected chi connectivity index (χ3v) is 5.89. The van der Waals surface area contributed by atoms with Crippen LogP contribution in [0.3, 0.4) is 0 Å². The summed E-state index contributed by atoms with van der Waals surface area (Å²) in [6.45, 7) is 4.34. The van der Waals surface area contributed by atoms with Crippen LogP contribution in [0.1, 0.15) is 34.2 Å². The molecule has 0 spiro atoms. The molecule has 0 radical (unpaired) electrons. The zero-order valence-electron chi connectivity index (χ0n) is 18.5. The maximum atomic E-state index is 13.1. The van der Waals surface area contributed by atoms with Crippen molar-refractivity contribution in [1.29, 1.82) is 0 Å². The molecule has 11 nitrogen and oxygen atoms in total. The first kappa shape index (κ1) is 21.4. The largest absolute Gasteiger partial charge is 0.456 e. The Morgan fingerprint density at radius 3 is 2.76 bits per heavy atom. The molecule has 34 heavy (non-hydrogen) atoms. The number of anilines is 1. The predicted molar refractivity (Wildman–Crippen MR) is 121 cm³/mol. The summed E-state index contributed by atoms with van der Waals surface area (Å²) in [7, 11) is 0. The molecule has 11 heteroatoms. The maximum Gasteiger partial charge on any atom is 0.322 e. The van der Waals surface area contributed by atoms with Gasteiger partial charge >= 0.3 is 12.1 Å². The number of amides is 6. The molecule has 1 saturated heterocycles. The Balaban J connectivity index is 1.49. The van der Waals surface area contributed by atoms with Crippen molar-refractivity contribution in [3.8, 4) is 0 Å². The van der Waals surface area contributed by atoms with Crippen LogP contribution in [0.5, 0.6) is 0 Å². The van der Waals surface area contributed by atoms with Crippen LogP contribution in [0.15, 0.2) is 40.8 Å². The van der Waals surface area contributed by atoms with E-state index < -0.39 is 23.5 Å². The second kappa shape index (κ2) is 7.87. The molecule has 6 amide bonds. The van der Waals surface area contributed by atoms with Gasteiger partial charge in [0.15, 0.2) is 11.1 Å². The number of carbonyl (C=O) groups is 4. The first-order valence-electron chi connectivity index (χ1n) is 10.8. The van der Waals surface area contributed by atoms with Gasteiger partial charge in [-0.2, -0.15) is 0 Å². The number of hydrogen-bond donors (Lipinski definition) is 4. The van der Waals surface area contributed by atoms with Gasteiger partial charge in [0.1, 0.15) is 17.1 Å². The highest BCUT2D eigenvalue weighted by Gasteiger charge is 2.53. The topological polar surface area (TPSA) is 146 Å². The Hall–Kier alpha value is -4.41. The van der Waals surface area contributed by atoms with Crippen molar-refractivity contribution in [3.05, 3.63) is 58.8 Å². The lowest BCUT2D eigenvalue weighted by molar-refractivity contribution is -0.125. The third-order valence-electron chi connectivity index (χ3n) is 5.89. The molecule has 2 aromatic heterocycles. The van der Waals surface area contributed by atoms with E-state index in [0.29, 0.717) is 35.6 Å². The Kier molecular flexibility index (Phi) is 4.96. The summed E-state index contributed by atoms with van der Waals surface area (Å²) >= 11 is 0. The van der Waals surface area contributed by atoms with E-state index in [1.165, 1.54) is 11.0 Å². The highest BCUT2D eigenvalue weighted by Crippen LogP contribution is 2.34. The molecular formula is C23H22N6O5. The number of benzene rings is 1. The lowest BCUT2D eigenvalue weighted by Gasteiger charge is -2.28. The number of nitrogens with one attached hydrogen (secondary N) is 4. The average Bonchev–Trinajstić information content (AvgIpc) is 3.43. The first-order chi connectivity index (χ1) is 16.3. The second-order valence-corrected chi connectivity index (χ2v) is 8.31. The number of hydrogen-bond acceptors (Lipinski definition) is 6. The summed E-state index contributed by atoms with van der Waals surface area (Å²) in [5.41, 5.74) is 1.49. The monoisotopic (exact) mass is 462 g/mol. The number of carbonyl (C=O) groups excluding carboxylic acids is 4. The van der Waals surface area contributed by atoms with Crippen molar-refractivity contribution >= 4 is 40.8 Å². The lowest BCUT2D eigenvalue weighted by Crippen LogP contribution is -2.52. The number of pyridine rings is 1. The normalized spacial score (nSPS) is 19.2.